The standard InChI is InChI=1S/C21H32N2O/c1-17-5-7-20(8-6-17)21(24)23-15-11-19(12-16-23)4-2-3-18-9-13-22-14-10-18/h5-8,18-19,22H,2-4,9-16H2,1H3. The van der Waals surface area contributed by atoms with Crippen LogP contribution in [-0.2, 0) is 0 Å². The molecule has 1 aromatic carbocycles. The Labute approximate surface area is 146 Å². The molecule has 3 nitrogen and oxygen atoms in total. The van der Waals surface area contributed by atoms with Gasteiger partial charge in [-0.15, -0.1) is 0 Å². The van der Waals surface area contributed by atoms with Crippen molar-refractivity contribution in [3.05, 3.63) is 35.4 Å². The molecule has 132 valence electrons. The SMILES string of the molecule is Cc1ccc(C(=O)N2CCC(CCCC3CCNCC3)CC2)cc1. The number of piperidine rings is 2. The third-order valence-corrected chi connectivity index (χ3v) is 5.88. The molecule has 3 rings (SSSR count). The van der Waals surface area contributed by atoms with Gasteiger partial charge in [0.25, 0.3) is 5.91 Å². The Morgan fingerprint density at radius 3 is 2.21 bits per heavy atom. The molecule has 24 heavy (non-hydrogen) atoms. The summed E-state index contributed by atoms with van der Waals surface area (Å²) in [5.41, 5.74) is 2.05. The lowest BCUT2D eigenvalue weighted by atomic mass is 9.87. The van der Waals surface area contributed by atoms with Crippen molar-refractivity contribution >= 4 is 5.91 Å². The Bertz CT molecular complexity index is 511. The zero-order chi connectivity index (χ0) is 16.8. The van der Waals surface area contributed by atoms with Crippen molar-refractivity contribution < 1.29 is 4.79 Å². The van der Waals surface area contributed by atoms with Crippen LogP contribution in [0.15, 0.2) is 24.3 Å². The summed E-state index contributed by atoms with van der Waals surface area (Å²) in [6.07, 6.45) is 9.24. The maximum absolute atomic E-state index is 12.6. The van der Waals surface area contributed by atoms with E-state index in [0.717, 1.165) is 30.5 Å². The number of amides is 1. The molecule has 1 amide bonds. The Morgan fingerprint density at radius 2 is 1.58 bits per heavy atom. The van der Waals surface area contributed by atoms with Crippen LogP contribution in [0.3, 0.4) is 0 Å². The average Bonchev–Trinajstić information content (AvgIpc) is 2.63. The quantitative estimate of drug-likeness (QED) is 0.885. The lowest BCUT2D eigenvalue weighted by Gasteiger charge is -2.32. The Kier molecular flexibility index (Phi) is 6.30. The van der Waals surface area contributed by atoms with Crippen molar-refractivity contribution in [1.82, 2.24) is 10.2 Å². The number of aryl methyl sites for hydroxylation is 1. The summed E-state index contributed by atoms with van der Waals surface area (Å²) < 4.78 is 0. The van der Waals surface area contributed by atoms with Crippen LogP contribution < -0.4 is 5.32 Å². The molecule has 0 spiro atoms. The number of carbonyl (C=O) groups excluding carboxylic acids is 1. The van der Waals surface area contributed by atoms with Crippen LogP contribution in [0.4, 0.5) is 0 Å². The van der Waals surface area contributed by atoms with E-state index in [0.29, 0.717) is 0 Å². The van der Waals surface area contributed by atoms with Crippen LogP contribution in [0.1, 0.15) is 60.9 Å². The number of nitrogens with zero attached hydrogens (tertiary/aromatic N) is 1. The van der Waals surface area contributed by atoms with Gasteiger partial charge in [0, 0.05) is 18.7 Å². The molecular weight excluding hydrogens is 296 g/mol. The minimum atomic E-state index is 0.211. The van der Waals surface area contributed by atoms with Crippen LogP contribution in [0.5, 0.6) is 0 Å². The Hall–Kier alpha value is -1.35. The van der Waals surface area contributed by atoms with Gasteiger partial charge in [-0.2, -0.15) is 0 Å². The number of carbonyl (C=O) groups is 1. The second-order valence-corrected chi connectivity index (χ2v) is 7.73. The second kappa shape index (κ2) is 8.66. The minimum absolute atomic E-state index is 0.211. The van der Waals surface area contributed by atoms with Crippen molar-refractivity contribution in [2.45, 2.75) is 51.9 Å². The van der Waals surface area contributed by atoms with Crippen molar-refractivity contribution in [2.75, 3.05) is 26.2 Å². The molecule has 1 N–H and O–H groups in total. The van der Waals surface area contributed by atoms with Gasteiger partial charge in [0.05, 0.1) is 0 Å². The fraction of sp³-hybridized carbons (Fsp3) is 0.667. The first-order valence-corrected chi connectivity index (χ1v) is 9.79. The first-order chi connectivity index (χ1) is 11.7. The van der Waals surface area contributed by atoms with Gasteiger partial charge >= 0.3 is 0 Å². The number of rotatable bonds is 5. The number of hydrogen-bond donors (Lipinski definition) is 1. The monoisotopic (exact) mass is 328 g/mol. The zero-order valence-corrected chi connectivity index (χ0v) is 15.1. The van der Waals surface area contributed by atoms with E-state index < -0.39 is 0 Å². The summed E-state index contributed by atoms with van der Waals surface area (Å²) in [6.45, 7) is 6.35. The molecule has 0 aromatic heterocycles. The third-order valence-electron chi connectivity index (χ3n) is 5.88. The molecule has 0 aliphatic carbocycles. The topological polar surface area (TPSA) is 32.3 Å². The summed E-state index contributed by atoms with van der Waals surface area (Å²) in [5.74, 6) is 1.99. The molecule has 0 saturated carbocycles. The second-order valence-electron chi connectivity index (χ2n) is 7.73. The maximum Gasteiger partial charge on any atom is 0.253 e. The average molecular weight is 329 g/mol. The highest BCUT2D eigenvalue weighted by Gasteiger charge is 2.23. The van der Waals surface area contributed by atoms with E-state index in [1.165, 1.54) is 63.6 Å². The van der Waals surface area contributed by atoms with Gasteiger partial charge in [0.15, 0.2) is 0 Å². The van der Waals surface area contributed by atoms with Crippen molar-refractivity contribution in [1.29, 1.82) is 0 Å². The first kappa shape index (κ1) is 17.5. The summed E-state index contributed by atoms with van der Waals surface area (Å²) in [4.78, 5) is 14.6. The third kappa shape index (κ3) is 4.83. The van der Waals surface area contributed by atoms with E-state index in [9.17, 15) is 4.79 Å². The first-order valence-electron chi connectivity index (χ1n) is 9.79. The molecule has 3 heteroatoms. The smallest absolute Gasteiger partial charge is 0.253 e. The van der Waals surface area contributed by atoms with Crippen molar-refractivity contribution in [3.8, 4) is 0 Å². The van der Waals surface area contributed by atoms with Gasteiger partial charge in [0.2, 0.25) is 0 Å². The van der Waals surface area contributed by atoms with E-state index in [1.54, 1.807) is 0 Å². The molecular formula is C21H32N2O. The van der Waals surface area contributed by atoms with E-state index in [-0.39, 0.29) is 5.91 Å². The largest absolute Gasteiger partial charge is 0.339 e. The van der Waals surface area contributed by atoms with Crippen LogP contribution in [0.25, 0.3) is 0 Å². The highest BCUT2D eigenvalue weighted by molar-refractivity contribution is 5.94. The minimum Gasteiger partial charge on any atom is -0.339 e. The van der Waals surface area contributed by atoms with Crippen molar-refractivity contribution in [3.63, 3.8) is 0 Å². The fourth-order valence-corrected chi connectivity index (χ4v) is 4.17. The van der Waals surface area contributed by atoms with E-state index in [1.807, 2.05) is 29.2 Å². The molecule has 2 aliphatic rings. The highest BCUT2D eigenvalue weighted by Crippen LogP contribution is 2.26. The van der Waals surface area contributed by atoms with E-state index >= 15 is 0 Å². The maximum atomic E-state index is 12.6. The van der Waals surface area contributed by atoms with Gasteiger partial charge in [-0.05, 0) is 69.7 Å². The van der Waals surface area contributed by atoms with Gasteiger partial charge in [-0.3, -0.25) is 4.79 Å². The molecule has 0 atom stereocenters. The predicted molar refractivity (Wildman–Crippen MR) is 99.3 cm³/mol. The molecule has 0 radical (unpaired) electrons. The lowest BCUT2D eigenvalue weighted by Crippen LogP contribution is -2.38. The molecule has 2 fully saturated rings. The number of hydrogen-bond acceptors (Lipinski definition) is 2. The molecule has 2 aliphatic heterocycles. The number of nitrogens with one attached hydrogen (secondary N) is 1. The van der Waals surface area contributed by atoms with E-state index in [4.69, 9.17) is 0 Å². The van der Waals surface area contributed by atoms with Crippen LogP contribution in [-0.4, -0.2) is 37.0 Å². The van der Waals surface area contributed by atoms with Crippen LogP contribution in [0, 0.1) is 18.8 Å². The summed E-state index contributed by atoms with van der Waals surface area (Å²) in [5, 5.41) is 3.45. The van der Waals surface area contributed by atoms with Crippen molar-refractivity contribution in [2.24, 2.45) is 11.8 Å². The summed E-state index contributed by atoms with van der Waals surface area (Å²) in [6, 6.07) is 7.98. The molecule has 1 aromatic rings. The molecule has 0 bridgehead atoms. The highest BCUT2D eigenvalue weighted by atomic mass is 16.2. The predicted octanol–water partition coefficient (Wildman–Crippen LogP) is 4.02. The van der Waals surface area contributed by atoms with Gasteiger partial charge < -0.3 is 10.2 Å². The number of likely N-dealkylation sites (tertiary alicyclic amines) is 1. The van der Waals surface area contributed by atoms with Gasteiger partial charge in [0.1, 0.15) is 0 Å². The fourth-order valence-electron chi connectivity index (χ4n) is 4.17. The van der Waals surface area contributed by atoms with Crippen LogP contribution in [0.2, 0.25) is 0 Å². The normalized spacial score (nSPS) is 20.3. The van der Waals surface area contributed by atoms with E-state index in [2.05, 4.69) is 12.2 Å². The Morgan fingerprint density at radius 1 is 1.00 bits per heavy atom. The molecule has 0 unspecified atom stereocenters. The lowest BCUT2D eigenvalue weighted by molar-refractivity contribution is 0.0685. The van der Waals surface area contributed by atoms with Crippen LogP contribution >= 0.6 is 0 Å². The zero-order valence-electron chi connectivity index (χ0n) is 15.1. The van der Waals surface area contributed by atoms with Gasteiger partial charge in [-0.25, -0.2) is 0 Å². The molecule has 2 heterocycles. The van der Waals surface area contributed by atoms with Gasteiger partial charge in [-0.1, -0.05) is 37.0 Å². The molecule has 2 saturated heterocycles. The summed E-state index contributed by atoms with van der Waals surface area (Å²) in [7, 11) is 0. The summed E-state index contributed by atoms with van der Waals surface area (Å²) >= 11 is 0. The number of benzene rings is 1. The Balaban J connectivity index is 1.37.